The van der Waals surface area contributed by atoms with Gasteiger partial charge in [-0.05, 0) is 31.5 Å². The van der Waals surface area contributed by atoms with Crippen molar-refractivity contribution in [1.29, 1.82) is 0 Å². The molecule has 7 heteroatoms. The summed E-state index contributed by atoms with van der Waals surface area (Å²) < 4.78 is 7.51. The average molecular weight is 397 g/mol. The molecular formula is C21H24N4O2S. The van der Waals surface area contributed by atoms with Gasteiger partial charge in [-0.3, -0.25) is 9.36 Å². The molecule has 28 heavy (non-hydrogen) atoms. The van der Waals surface area contributed by atoms with Gasteiger partial charge in [0.2, 0.25) is 11.7 Å². The summed E-state index contributed by atoms with van der Waals surface area (Å²) in [4.78, 5) is 14.4. The molecule has 1 amide bonds. The van der Waals surface area contributed by atoms with Gasteiger partial charge in [-0.25, -0.2) is 0 Å². The predicted octanol–water partition coefficient (Wildman–Crippen LogP) is 4.10. The molecule has 0 bridgehead atoms. The van der Waals surface area contributed by atoms with Crippen molar-refractivity contribution in [2.45, 2.75) is 25.5 Å². The van der Waals surface area contributed by atoms with E-state index in [2.05, 4.69) is 28.9 Å². The van der Waals surface area contributed by atoms with Crippen LogP contribution in [0.4, 0.5) is 0 Å². The Morgan fingerprint density at radius 2 is 2.00 bits per heavy atom. The molecule has 2 aromatic heterocycles. The monoisotopic (exact) mass is 396 g/mol. The first-order chi connectivity index (χ1) is 13.6. The molecule has 0 unspecified atom stereocenters. The van der Waals surface area contributed by atoms with Crippen LogP contribution in [0.3, 0.4) is 0 Å². The second kappa shape index (κ2) is 9.41. The summed E-state index contributed by atoms with van der Waals surface area (Å²) in [5, 5.41) is 9.31. The van der Waals surface area contributed by atoms with Gasteiger partial charge in [0.1, 0.15) is 0 Å². The first kappa shape index (κ1) is 19.9. The van der Waals surface area contributed by atoms with Crippen LogP contribution in [0.15, 0.2) is 70.5 Å². The van der Waals surface area contributed by atoms with Crippen LogP contribution < -0.4 is 0 Å². The van der Waals surface area contributed by atoms with Gasteiger partial charge in [-0.1, -0.05) is 54.2 Å². The Balaban J connectivity index is 1.80. The van der Waals surface area contributed by atoms with E-state index in [0.717, 1.165) is 11.1 Å². The Morgan fingerprint density at radius 3 is 2.64 bits per heavy atom. The predicted molar refractivity (Wildman–Crippen MR) is 111 cm³/mol. The average Bonchev–Trinajstić information content (AvgIpc) is 3.35. The van der Waals surface area contributed by atoms with E-state index in [1.807, 2.05) is 48.7 Å². The van der Waals surface area contributed by atoms with Gasteiger partial charge in [0.05, 0.1) is 18.6 Å². The summed E-state index contributed by atoms with van der Waals surface area (Å²) in [7, 11) is 0. The molecule has 0 saturated heterocycles. The maximum Gasteiger partial charge on any atom is 0.233 e. The van der Waals surface area contributed by atoms with Crippen molar-refractivity contribution < 1.29 is 9.21 Å². The zero-order valence-corrected chi connectivity index (χ0v) is 17.0. The Kier molecular flexibility index (Phi) is 6.71. The van der Waals surface area contributed by atoms with Crippen LogP contribution in [0.2, 0.25) is 0 Å². The van der Waals surface area contributed by atoms with Gasteiger partial charge in [-0.2, -0.15) is 0 Å². The Bertz CT molecular complexity index is 919. The van der Waals surface area contributed by atoms with E-state index >= 15 is 0 Å². The van der Waals surface area contributed by atoms with Crippen LogP contribution in [0.1, 0.15) is 19.4 Å². The molecule has 0 radical (unpaired) electrons. The van der Waals surface area contributed by atoms with Gasteiger partial charge in [0.25, 0.3) is 0 Å². The fourth-order valence-electron chi connectivity index (χ4n) is 2.81. The number of thioether (sulfide) groups is 1. The second-order valence-electron chi connectivity index (χ2n) is 6.51. The quantitative estimate of drug-likeness (QED) is 0.402. The topological polar surface area (TPSA) is 64.2 Å². The highest BCUT2D eigenvalue weighted by atomic mass is 32.2. The lowest BCUT2D eigenvalue weighted by Crippen LogP contribution is -2.33. The van der Waals surface area contributed by atoms with E-state index in [9.17, 15) is 4.79 Å². The van der Waals surface area contributed by atoms with Crippen LogP contribution in [0, 0.1) is 0 Å². The van der Waals surface area contributed by atoms with Crippen molar-refractivity contribution >= 4 is 17.7 Å². The smallest absolute Gasteiger partial charge is 0.233 e. The molecule has 0 atom stereocenters. The third-order valence-electron chi connectivity index (χ3n) is 4.16. The highest BCUT2D eigenvalue weighted by Gasteiger charge is 2.19. The summed E-state index contributed by atoms with van der Waals surface area (Å²) >= 11 is 1.39. The van der Waals surface area contributed by atoms with Crippen LogP contribution in [-0.2, 0) is 11.3 Å². The number of hydrogen-bond donors (Lipinski definition) is 0. The minimum atomic E-state index is 0.0595. The van der Waals surface area contributed by atoms with Crippen molar-refractivity contribution in [3.05, 3.63) is 66.4 Å². The molecule has 0 spiro atoms. The highest BCUT2D eigenvalue weighted by molar-refractivity contribution is 7.99. The molecule has 0 fully saturated rings. The number of aromatic nitrogens is 3. The Hall–Kier alpha value is -2.80. The number of nitrogens with zero attached hydrogens (tertiary/aromatic N) is 4. The zero-order chi connectivity index (χ0) is 19.9. The number of carbonyl (C=O) groups is 1. The van der Waals surface area contributed by atoms with Crippen LogP contribution in [0.5, 0.6) is 0 Å². The lowest BCUT2D eigenvalue weighted by atomic mass is 10.2. The standard InChI is InChI=1S/C21H24N4O2S/c1-4-24(13-16(2)3)19(26)15-28-21-23-22-20(18-11-8-12-27-18)25(21)14-17-9-6-5-7-10-17/h5-12H,2,4,13-15H2,1,3H3. The van der Waals surface area contributed by atoms with Crippen LogP contribution >= 0.6 is 11.8 Å². The molecular weight excluding hydrogens is 372 g/mol. The van der Waals surface area contributed by atoms with Gasteiger partial charge < -0.3 is 9.32 Å². The first-order valence-corrected chi connectivity index (χ1v) is 10.1. The summed E-state index contributed by atoms with van der Waals surface area (Å²) in [6.07, 6.45) is 1.62. The van der Waals surface area contributed by atoms with Crippen LogP contribution in [-0.4, -0.2) is 44.4 Å². The molecule has 1 aromatic carbocycles. The minimum Gasteiger partial charge on any atom is -0.461 e. The second-order valence-corrected chi connectivity index (χ2v) is 7.45. The van der Waals surface area contributed by atoms with E-state index in [1.165, 1.54) is 11.8 Å². The molecule has 3 aromatic rings. The summed E-state index contributed by atoms with van der Waals surface area (Å²) in [5.41, 5.74) is 2.09. The van der Waals surface area contributed by atoms with Gasteiger partial charge >= 0.3 is 0 Å². The summed E-state index contributed by atoms with van der Waals surface area (Å²) in [6.45, 7) is 9.62. The summed E-state index contributed by atoms with van der Waals surface area (Å²) in [5.74, 6) is 1.66. The number of hydrogen-bond acceptors (Lipinski definition) is 5. The number of likely N-dealkylation sites (N-methyl/N-ethyl adjacent to an activating group) is 1. The number of rotatable bonds is 9. The third kappa shape index (κ3) is 4.92. The summed E-state index contributed by atoms with van der Waals surface area (Å²) in [6, 6.07) is 13.8. The normalized spacial score (nSPS) is 10.8. The minimum absolute atomic E-state index is 0.0595. The van der Waals surface area contributed by atoms with E-state index in [-0.39, 0.29) is 5.91 Å². The Labute approximate surface area is 169 Å². The lowest BCUT2D eigenvalue weighted by Gasteiger charge is -2.20. The number of benzene rings is 1. The maximum atomic E-state index is 12.6. The first-order valence-electron chi connectivity index (χ1n) is 9.14. The molecule has 0 saturated carbocycles. The molecule has 0 aliphatic rings. The molecule has 0 aliphatic heterocycles. The van der Waals surface area contributed by atoms with E-state index in [4.69, 9.17) is 4.42 Å². The van der Waals surface area contributed by atoms with Crippen LogP contribution in [0.25, 0.3) is 11.6 Å². The van der Waals surface area contributed by atoms with E-state index < -0.39 is 0 Å². The van der Waals surface area contributed by atoms with Crippen molar-refractivity contribution in [1.82, 2.24) is 19.7 Å². The number of carbonyl (C=O) groups excluding carboxylic acids is 1. The fourth-order valence-corrected chi connectivity index (χ4v) is 3.65. The van der Waals surface area contributed by atoms with E-state index in [0.29, 0.717) is 42.1 Å². The number of furan rings is 1. The molecule has 2 heterocycles. The molecule has 0 aliphatic carbocycles. The number of amides is 1. The SMILES string of the molecule is C=C(C)CN(CC)C(=O)CSc1nnc(-c2ccco2)n1Cc1ccccc1. The van der Waals surface area contributed by atoms with Gasteiger partial charge in [-0.15, -0.1) is 10.2 Å². The molecule has 6 nitrogen and oxygen atoms in total. The maximum absolute atomic E-state index is 12.6. The van der Waals surface area contributed by atoms with Gasteiger partial charge in [0, 0.05) is 13.1 Å². The van der Waals surface area contributed by atoms with Gasteiger partial charge in [0.15, 0.2) is 10.9 Å². The Morgan fingerprint density at radius 1 is 1.21 bits per heavy atom. The zero-order valence-electron chi connectivity index (χ0n) is 16.2. The molecule has 0 N–H and O–H groups in total. The highest BCUT2D eigenvalue weighted by Crippen LogP contribution is 2.25. The lowest BCUT2D eigenvalue weighted by molar-refractivity contribution is -0.127. The third-order valence-corrected chi connectivity index (χ3v) is 5.11. The van der Waals surface area contributed by atoms with Crippen molar-refractivity contribution in [2.24, 2.45) is 0 Å². The van der Waals surface area contributed by atoms with Crippen molar-refractivity contribution in [3.63, 3.8) is 0 Å². The van der Waals surface area contributed by atoms with E-state index in [1.54, 1.807) is 11.2 Å². The largest absolute Gasteiger partial charge is 0.461 e. The van der Waals surface area contributed by atoms with Crippen molar-refractivity contribution in [3.8, 4) is 11.6 Å². The fraction of sp³-hybridized carbons (Fsp3) is 0.286. The van der Waals surface area contributed by atoms with Crippen molar-refractivity contribution in [2.75, 3.05) is 18.8 Å². The molecule has 3 rings (SSSR count). The molecule has 146 valence electrons.